The standard InChI is InChI=1S/C13H14FN3/c1-9-3-4-10(7-12(9)14)13-16-6-5-11(17-13)8-15-2/h3-7,15H,8H2,1-2H3. The zero-order valence-electron chi connectivity index (χ0n) is 9.87. The maximum Gasteiger partial charge on any atom is 0.159 e. The Morgan fingerprint density at radius 2 is 2.12 bits per heavy atom. The van der Waals surface area contributed by atoms with Crippen LogP contribution in [0.25, 0.3) is 11.4 Å². The summed E-state index contributed by atoms with van der Waals surface area (Å²) in [6.07, 6.45) is 1.69. The Morgan fingerprint density at radius 1 is 1.29 bits per heavy atom. The highest BCUT2D eigenvalue weighted by molar-refractivity contribution is 5.55. The molecule has 4 heteroatoms. The largest absolute Gasteiger partial charge is 0.314 e. The van der Waals surface area contributed by atoms with E-state index in [-0.39, 0.29) is 5.82 Å². The summed E-state index contributed by atoms with van der Waals surface area (Å²) in [6, 6.07) is 6.87. The van der Waals surface area contributed by atoms with Gasteiger partial charge >= 0.3 is 0 Å². The van der Waals surface area contributed by atoms with Crippen LogP contribution in [0.2, 0.25) is 0 Å². The molecule has 0 aliphatic heterocycles. The van der Waals surface area contributed by atoms with Crippen LogP contribution in [0.15, 0.2) is 30.5 Å². The molecule has 0 aliphatic rings. The summed E-state index contributed by atoms with van der Waals surface area (Å²) in [5, 5.41) is 3.02. The summed E-state index contributed by atoms with van der Waals surface area (Å²) in [5.74, 6) is 0.321. The average molecular weight is 231 g/mol. The number of aryl methyl sites for hydroxylation is 1. The highest BCUT2D eigenvalue weighted by atomic mass is 19.1. The summed E-state index contributed by atoms with van der Waals surface area (Å²) in [6.45, 7) is 2.40. The highest BCUT2D eigenvalue weighted by Crippen LogP contribution is 2.18. The predicted molar refractivity (Wildman–Crippen MR) is 64.9 cm³/mol. The molecule has 3 nitrogen and oxygen atoms in total. The molecule has 0 bridgehead atoms. The van der Waals surface area contributed by atoms with Crippen LogP contribution < -0.4 is 5.32 Å². The number of nitrogens with one attached hydrogen (secondary N) is 1. The van der Waals surface area contributed by atoms with E-state index in [1.54, 1.807) is 19.2 Å². The van der Waals surface area contributed by atoms with E-state index in [1.807, 2.05) is 19.2 Å². The number of halogens is 1. The van der Waals surface area contributed by atoms with Crippen molar-refractivity contribution in [2.45, 2.75) is 13.5 Å². The third-order valence-corrected chi connectivity index (χ3v) is 2.50. The van der Waals surface area contributed by atoms with E-state index in [2.05, 4.69) is 15.3 Å². The third kappa shape index (κ3) is 2.65. The minimum atomic E-state index is -0.231. The zero-order valence-corrected chi connectivity index (χ0v) is 9.87. The molecule has 0 radical (unpaired) electrons. The minimum absolute atomic E-state index is 0.231. The predicted octanol–water partition coefficient (Wildman–Crippen LogP) is 2.31. The van der Waals surface area contributed by atoms with Crippen LogP contribution in [0.4, 0.5) is 4.39 Å². The number of aromatic nitrogens is 2. The SMILES string of the molecule is CNCc1ccnc(-c2ccc(C)c(F)c2)n1. The van der Waals surface area contributed by atoms with Crippen molar-refractivity contribution in [3.63, 3.8) is 0 Å². The summed E-state index contributed by atoms with van der Waals surface area (Å²) in [7, 11) is 1.85. The molecular formula is C13H14FN3. The molecule has 1 heterocycles. The van der Waals surface area contributed by atoms with E-state index in [0.717, 1.165) is 5.69 Å². The van der Waals surface area contributed by atoms with E-state index >= 15 is 0 Å². The molecule has 0 amide bonds. The van der Waals surface area contributed by atoms with Gasteiger partial charge in [0.1, 0.15) is 5.82 Å². The van der Waals surface area contributed by atoms with Crippen molar-refractivity contribution in [2.24, 2.45) is 0 Å². The van der Waals surface area contributed by atoms with Crippen molar-refractivity contribution >= 4 is 0 Å². The van der Waals surface area contributed by atoms with Gasteiger partial charge in [-0.2, -0.15) is 0 Å². The monoisotopic (exact) mass is 231 g/mol. The number of hydrogen-bond donors (Lipinski definition) is 1. The fraction of sp³-hybridized carbons (Fsp3) is 0.231. The second-order valence-electron chi connectivity index (χ2n) is 3.87. The second kappa shape index (κ2) is 5.01. The van der Waals surface area contributed by atoms with Gasteiger partial charge in [-0.1, -0.05) is 12.1 Å². The van der Waals surface area contributed by atoms with Crippen molar-refractivity contribution in [2.75, 3.05) is 7.05 Å². The van der Waals surface area contributed by atoms with Crippen molar-refractivity contribution in [3.8, 4) is 11.4 Å². The molecule has 0 saturated carbocycles. The fourth-order valence-corrected chi connectivity index (χ4v) is 1.55. The second-order valence-corrected chi connectivity index (χ2v) is 3.87. The molecule has 0 unspecified atom stereocenters. The molecule has 2 aromatic rings. The fourth-order valence-electron chi connectivity index (χ4n) is 1.55. The molecule has 1 aromatic carbocycles. The highest BCUT2D eigenvalue weighted by Gasteiger charge is 2.05. The molecule has 88 valence electrons. The lowest BCUT2D eigenvalue weighted by atomic mass is 10.1. The van der Waals surface area contributed by atoms with Crippen LogP contribution in [-0.4, -0.2) is 17.0 Å². The Labute approximate surface area is 99.7 Å². The third-order valence-electron chi connectivity index (χ3n) is 2.50. The summed E-state index contributed by atoms with van der Waals surface area (Å²) >= 11 is 0. The van der Waals surface area contributed by atoms with Gasteiger partial charge in [-0.25, -0.2) is 14.4 Å². The average Bonchev–Trinajstić information content (AvgIpc) is 2.33. The van der Waals surface area contributed by atoms with E-state index in [4.69, 9.17) is 0 Å². The zero-order chi connectivity index (χ0) is 12.3. The Hall–Kier alpha value is -1.81. The molecule has 2 rings (SSSR count). The maximum absolute atomic E-state index is 13.4. The van der Waals surface area contributed by atoms with Crippen LogP contribution in [0.3, 0.4) is 0 Å². The Morgan fingerprint density at radius 3 is 2.82 bits per heavy atom. The molecule has 1 N–H and O–H groups in total. The van der Waals surface area contributed by atoms with Gasteiger partial charge in [0.05, 0.1) is 5.69 Å². The first-order chi connectivity index (χ1) is 8.20. The summed E-state index contributed by atoms with van der Waals surface area (Å²) < 4.78 is 13.4. The normalized spacial score (nSPS) is 10.5. The van der Waals surface area contributed by atoms with Crippen LogP contribution in [0.5, 0.6) is 0 Å². The van der Waals surface area contributed by atoms with Crippen molar-refractivity contribution < 1.29 is 4.39 Å². The van der Waals surface area contributed by atoms with E-state index in [9.17, 15) is 4.39 Å². The van der Waals surface area contributed by atoms with Crippen molar-refractivity contribution in [1.82, 2.24) is 15.3 Å². The van der Waals surface area contributed by atoms with Gasteiger partial charge in [0.25, 0.3) is 0 Å². The van der Waals surface area contributed by atoms with Gasteiger partial charge in [0, 0.05) is 18.3 Å². The van der Waals surface area contributed by atoms with Crippen LogP contribution >= 0.6 is 0 Å². The van der Waals surface area contributed by atoms with Crippen molar-refractivity contribution in [1.29, 1.82) is 0 Å². The molecule has 17 heavy (non-hydrogen) atoms. The lowest BCUT2D eigenvalue weighted by molar-refractivity contribution is 0.619. The van der Waals surface area contributed by atoms with Crippen LogP contribution in [0, 0.1) is 12.7 Å². The van der Waals surface area contributed by atoms with Gasteiger partial charge in [-0.3, -0.25) is 0 Å². The molecule has 0 aliphatic carbocycles. The smallest absolute Gasteiger partial charge is 0.159 e. The molecule has 0 atom stereocenters. The molecule has 1 aromatic heterocycles. The van der Waals surface area contributed by atoms with Gasteiger partial charge in [-0.05, 0) is 31.7 Å². The number of nitrogens with zero attached hydrogens (tertiary/aromatic N) is 2. The maximum atomic E-state index is 13.4. The Bertz CT molecular complexity index is 526. The topological polar surface area (TPSA) is 37.8 Å². The lowest BCUT2D eigenvalue weighted by Gasteiger charge is -2.04. The van der Waals surface area contributed by atoms with E-state index < -0.39 is 0 Å². The number of hydrogen-bond acceptors (Lipinski definition) is 3. The van der Waals surface area contributed by atoms with Crippen LogP contribution in [-0.2, 0) is 6.54 Å². The van der Waals surface area contributed by atoms with Gasteiger partial charge in [0.15, 0.2) is 5.82 Å². The Kier molecular flexibility index (Phi) is 3.44. The van der Waals surface area contributed by atoms with E-state index in [0.29, 0.717) is 23.5 Å². The van der Waals surface area contributed by atoms with Crippen molar-refractivity contribution in [3.05, 3.63) is 47.5 Å². The van der Waals surface area contributed by atoms with Gasteiger partial charge in [-0.15, -0.1) is 0 Å². The Balaban J connectivity index is 2.38. The molecular weight excluding hydrogens is 217 g/mol. The van der Waals surface area contributed by atoms with Gasteiger partial charge < -0.3 is 5.32 Å². The summed E-state index contributed by atoms with van der Waals surface area (Å²) in [4.78, 5) is 8.52. The quantitative estimate of drug-likeness (QED) is 0.880. The molecule has 0 saturated heterocycles. The minimum Gasteiger partial charge on any atom is -0.314 e. The first kappa shape index (κ1) is 11.7. The number of rotatable bonds is 3. The molecule has 0 fully saturated rings. The number of benzene rings is 1. The van der Waals surface area contributed by atoms with Crippen LogP contribution in [0.1, 0.15) is 11.3 Å². The first-order valence-corrected chi connectivity index (χ1v) is 5.44. The first-order valence-electron chi connectivity index (χ1n) is 5.44. The lowest BCUT2D eigenvalue weighted by Crippen LogP contribution is -2.07. The van der Waals surface area contributed by atoms with Gasteiger partial charge in [0.2, 0.25) is 0 Å². The van der Waals surface area contributed by atoms with E-state index in [1.165, 1.54) is 6.07 Å². The molecule has 0 spiro atoms. The summed E-state index contributed by atoms with van der Waals surface area (Å²) in [5.41, 5.74) is 2.21.